The molecule has 1 saturated heterocycles. The standard InChI is InChI=1S/C13H26FN3O3Si/c1-8-10(16-17-15)11(9(14)12(18-5)19-8)20-21(6,7)13(2,3)4/h8-12H,1-7H3. The van der Waals surface area contributed by atoms with Gasteiger partial charge in [0.2, 0.25) is 0 Å². The van der Waals surface area contributed by atoms with Crippen molar-refractivity contribution in [2.45, 2.75) is 76.5 Å². The number of halogens is 1. The second-order valence-corrected chi connectivity index (χ2v) is 11.7. The van der Waals surface area contributed by atoms with E-state index in [2.05, 4.69) is 30.8 Å². The molecule has 1 rings (SSSR count). The zero-order valence-corrected chi connectivity index (χ0v) is 14.8. The molecule has 0 aromatic rings. The molecule has 0 spiro atoms. The Kier molecular flexibility index (Phi) is 5.80. The first-order chi connectivity index (χ1) is 9.55. The first-order valence-electron chi connectivity index (χ1n) is 7.09. The third-order valence-corrected chi connectivity index (χ3v) is 8.87. The molecule has 1 aliphatic rings. The number of methoxy groups -OCH3 is 1. The van der Waals surface area contributed by atoms with Crippen LogP contribution in [0.1, 0.15) is 27.7 Å². The highest BCUT2D eigenvalue weighted by molar-refractivity contribution is 6.74. The highest BCUT2D eigenvalue weighted by atomic mass is 28.4. The molecule has 0 amide bonds. The van der Waals surface area contributed by atoms with Crippen molar-refractivity contribution in [2.24, 2.45) is 5.11 Å². The van der Waals surface area contributed by atoms with Crippen molar-refractivity contribution in [3.05, 3.63) is 10.4 Å². The third-order valence-electron chi connectivity index (χ3n) is 4.39. The van der Waals surface area contributed by atoms with Crippen LogP contribution in [-0.4, -0.2) is 46.1 Å². The molecule has 8 heteroatoms. The summed E-state index contributed by atoms with van der Waals surface area (Å²) in [6.45, 7) is 12.0. The topological polar surface area (TPSA) is 76.5 Å². The van der Waals surface area contributed by atoms with Gasteiger partial charge in [-0.15, -0.1) is 0 Å². The van der Waals surface area contributed by atoms with Gasteiger partial charge in [0.15, 0.2) is 20.8 Å². The summed E-state index contributed by atoms with van der Waals surface area (Å²) in [6, 6.07) is -0.703. The molecule has 0 saturated carbocycles. The summed E-state index contributed by atoms with van der Waals surface area (Å²) >= 11 is 0. The number of rotatable bonds is 4. The van der Waals surface area contributed by atoms with Gasteiger partial charge in [-0.1, -0.05) is 25.9 Å². The van der Waals surface area contributed by atoms with Crippen LogP contribution in [0.4, 0.5) is 4.39 Å². The molecule has 21 heavy (non-hydrogen) atoms. The molecule has 122 valence electrons. The van der Waals surface area contributed by atoms with Crippen molar-refractivity contribution in [3.63, 3.8) is 0 Å². The fourth-order valence-electron chi connectivity index (χ4n) is 2.03. The summed E-state index contributed by atoms with van der Waals surface area (Å²) in [6.07, 6.45) is -3.81. The zero-order chi connectivity index (χ0) is 16.4. The highest BCUT2D eigenvalue weighted by Crippen LogP contribution is 2.40. The molecule has 5 unspecified atom stereocenters. The molecule has 0 aliphatic carbocycles. The van der Waals surface area contributed by atoms with Gasteiger partial charge in [-0.3, -0.25) is 0 Å². The summed E-state index contributed by atoms with van der Waals surface area (Å²) in [7, 11) is -0.821. The number of hydrogen-bond acceptors (Lipinski definition) is 4. The van der Waals surface area contributed by atoms with Crippen molar-refractivity contribution in [1.82, 2.24) is 0 Å². The lowest BCUT2D eigenvalue weighted by Gasteiger charge is -2.46. The number of hydrogen-bond donors (Lipinski definition) is 0. The Morgan fingerprint density at radius 2 is 1.90 bits per heavy atom. The minimum absolute atomic E-state index is 0.0717. The van der Waals surface area contributed by atoms with E-state index in [1.54, 1.807) is 6.92 Å². The minimum Gasteiger partial charge on any atom is -0.410 e. The van der Waals surface area contributed by atoms with Crippen LogP contribution in [0.25, 0.3) is 10.4 Å². The summed E-state index contributed by atoms with van der Waals surface area (Å²) in [5, 5.41) is 3.62. The van der Waals surface area contributed by atoms with Crippen molar-refractivity contribution in [3.8, 4) is 0 Å². The Morgan fingerprint density at radius 3 is 2.33 bits per heavy atom. The fourth-order valence-corrected chi connectivity index (χ4v) is 3.34. The molecule has 5 atom stereocenters. The molecule has 0 N–H and O–H groups in total. The highest BCUT2D eigenvalue weighted by Gasteiger charge is 2.50. The van der Waals surface area contributed by atoms with E-state index < -0.39 is 39.0 Å². The van der Waals surface area contributed by atoms with E-state index in [1.165, 1.54) is 7.11 Å². The van der Waals surface area contributed by atoms with Gasteiger partial charge in [0.25, 0.3) is 0 Å². The van der Waals surface area contributed by atoms with Gasteiger partial charge in [-0.05, 0) is 30.6 Å². The maximum atomic E-state index is 14.6. The predicted octanol–water partition coefficient (Wildman–Crippen LogP) is 3.79. The summed E-state index contributed by atoms with van der Waals surface area (Å²) in [5.41, 5.74) is 8.73. The second-order valence-electron chi connectivity index (χ2n) is 6.93. The molecular weight excluding hydrogens is 293 g/mol. The molecule has 1 fully saturated rings. The minimum atomic E-state index is -2.21. The predicted molar refractivity (Wildman–Crippen MR) is 81.2 cm³/mol. The molecule has 0 aromatic carbocycles. The van der Waals surface area contributed by atoms with Crippen LogP contribution in [0.3, 0.4) is 0 Å². The smallest absolute Gasteiger partial charge is 0.192 e. The van der Waals surface area contributed by atoms with E-state index in [4.69, 9.17) is 19.4 Å². The number of azide groups is 1. The van der Waals surface area contributed by atoms with Crippen molar-refractivity contribution >= 4 is 8.32 Å². The van der Waals surface area contributed by atoms with Crippen LogP contribution in [0.2, 0.25) is 18.1 Å². The van der Waals surface area contributed by atoms with Gasteiger partial charge in [0.1, 0.15) is 0 Å². The monoisotopic (exact) mass is 319 g/mol. The van der Waals surface area contributed by atoms with Gasteiger partial charge in [-0.2, -0.15) is 0 Å². The lowest BCUT2D eigenvalue weighted by atomic mass is 9.99. The van der Waals surface area contributed by atoms with E-state index in [9.17, 15) is 4.39 Å². The van der Waals surface area contributed by atoms with Crippen LogP contribution in [-0.2, 0) is 13.9 Å². The summed E-state index contributed by atoms with van der Waals surface area (Å²) < 4.78 is 31.3. The number of nitrogens with zero attached hydrogens (tertiary/aromatic N) is 3. The maximum absolute atomic E-state index is 14.6. The first-order valence-corrected chi connectivity index (χ1v) is 10.0. The second kappa shape index (κ2) is 6.62. The Balaban J connectivity index is 3.08. The molecular formula is C13H26FN3O3Si. The Hall–Kier alpha value is -0.663. The zero-order valence-electron chi connectivity index (χ0n) is 13.8. The van der Waals surface area contributed by atoms with Gasteiger partial charge >= 0.3 is 0 Å². The Bertz CT molecular complexity index is 410. The molecule has 6 nitrogen and oxygen atoms in total. The fraction of sp³-hybridized carbons (Fsp3) is 1.00. The van der Waals surface area contributed by atoms with Gasteiger partial charge in [-0.25, -0.2) is 4.39 Å². The lowest BCUT2D eigenvalue weighted by molar-refractivity contribution is -0.239. The molecule has 1 heterocycles. The summed E-state index contributed by atoms with van der Waals surface area (Å²) in [5.74, 6) is 0. The van der Waals surface area contributed by atoms with Crippen molar-refractivity contribution in [1.29, 1.82) is 0 Å². The van der Waals surface area contributed by atoms with Crippen LogP contribution in [0.5, 0.6) is 0 Å². The van der Waals surface area contributed by atoms with Crippen LogP contribution in [0, 0.1) is 0 Å². The van der Waals surface area contributed by atoms with E-state index >= 15 is 0 Å². The SMILES string of the molecule is COC1OC(C)C(N=[N+]=[N-])C(O[Si](C)(C)C(C)(C)C)C1F. The average molecular weight is 319 g/mol. The van der Waals surface area contributed by atoms with E-state index in [-0.39, 0.29) is 5.04 Å². The maximum Gasteiger partial charge on any atom is 0.192 e. The lowest BCUT2D eigenvalue weighted by Crippen LogP contribution is -2.59. The first kappa shape index (κ1) is 18.4. The van der Waals surface area contributed by atoms with Gasteiger partial charge < -0.3 is 13.9 Å². The molecule has 0 aromatic heterocycles. The molecule has 0 radical (unpaired) electrons. The van der Waals surface area contributed by atoms with Crippen LogP contribution >= 0.6 is 0 Å². The quantitative estimate of drug-likeness (QED) is 0.342. The van der Waals surface area contributed by atoms with Crippen molar-refractivity contribution < 1.29 is 18.3 Å². The van der Waals surface area contributed by atoms with Crippen LogP contribution < -0.4 is 0 Å². The Morgan fingerprint density at radius 1 is 1.33 bits per heavy atom. The van der Waals surface area contributed by atoms with E-state index in [1.807, 2.05) is 13.1 Å². The van der Waals surface area contributed by atoms with Gasteiger partial charge in [0, 0.05) is 12.0 Å². The number of alkyl halides is 1. The van der Waals surface area contributed by atoms with Crippen molar-refractivity contribution in [2.75, 3.05) is 7.11 Å². The molecule has 0 bridgehead atoms. The van der Waals surface area contributed by atoms with E-state index in [0.717, 1.165) is 0 Å². The largest absolute Gasteiger partial charge is 0.410 e. The van der Waals surface area contributed by atoms with Crippen LogP contribution in [0.15, 0.2) is 5.11 Å². The molecule has 1 aliphatic heterocycles. The van der Waals surface area contributed by atoms with Gasteiger partial charge in [0.05, 0.1) is 18.2 Å². The normalized spacial score (nSPS) is 34.4. The average Bonchev–Trinajstić information content (AvgIpc) is 2.36. The summed E-state index contributed by atoms with van der Waals surface area (Å²) in [4.78, 5) is 2.81. The third kappa shape index (κ3) is 3.95. The number of ether oxygens (including phenoxy) is 2. The van der Waals surface area contributed by atoms with E-state index in [0.29, 0.717) is 0 Å². The Labute approximate surface area is 126 Å².